The van der Waals surface area contributed by atoms with E-state index in [0.29, 0.717) is 0 Å². The summed E-state index contributed by atoms with van der Waals surface area (Å²) in [5, 5.41) is 0. The van der Waals surface area contributed by atoms with Crippen molar-refractivity contribution in [3.8, 4) is 34.8 Å². The van der Waals surface area contributed by atoms with Crippen LogP contribution in [0.15, 0.2) is 48.5 Å². The third-order valence-corrected chi connectivity index (χ3v) is 5.08. The first-order valence-electron chi connectivity index (χ1n) is 8.90. The summed E-state index contributed by atoms with van der Waals surface area (Å²) in [6.45, 7) is 13.5. The molecule has 0 saturated carbocycles. The van der Waals surface area contributed by atoms with Crippen molar-refractivity contribution in [2.45, 2.75) is 39.3 Å². The molecule has 0 aliphatic rings. The van der Waals surface area contributed by atoms with E-state index in [1.807, 2.05) is 48.5 Å². The summed E-state index contributed by atoms with van der Waals surface area (Å²) in [6.07, 6.45) is 0. The average molecular weight is 371 g/mol. The Morgan fingerprint density at radius 2 is 0.731 bits per heavy atom. The molecule has 0 radical (unpaired) electrons. The maximum atomic E-state index is 3.43. The summed E-state index contributed by atoms with van der Waals surface area (Å²) in [6, 6.07) is 16.2. The van der Waals surface area contributed by atoms with Crippen LogP contribution in [0.2, 0.25) is 39.3 Å². The lowest BCUT2D eigenvalue weighted by Gasteiger charge is -2.04. The SMILES string of the molecule is C[Si](C)(C)C#Cc1ccccc1C#Cc1ccccc1C#C[Si](C)(C)C. The maximum absolute atomic E-state index is 3.43. The van der Waals surface area contributed by atoms with Gasteiger partial charge < -0.3 is 0 Å². The number of hydrogen-bond donors (Lipinski definition) is 0. The van der Waals surface area contributed by atoms with Crippen LogP contribution in [-0.4, -0.2) is 16.1 Å². The zero-order valence-electron chi connectivity index (χ0n) is 16.6. The highest BCUT2D eigenvalue weighted by atomic mass is 28.3. The maximum Gasteiger partial charge on any atom is 0.129 e. The van der Waals surface area contributed by atoms with E-state index in [4.69, 9.17) is 0 Å². The van der Waals surface area contributed by atoms with Crippen LogP contribution in [0.25, 0.3) is 0 Å². The van der Waals surface area contributed by atoms with Crippen LogP contribution in [0.5, 0.6) is 0 Å². The molecule has 0 aliphatic carbocycles. The van der Waals surface area contributed by atoms with E-state index >= 15 is 0 Å². The molecule has 2 heteroatoms. The minimum Gasteiger partial charge on any atom is -0.127 e. The van der Waals surface area contributed by atoms with Gasteiger partial charge in [0.1, 0.15) is 16.1 Å². The quantitative estimate of drug-likeness (QED) is 0.422. The van der Waals surface area contributed by atoms with E-state index < -0.39 is 16.1 Å². The van der Waals surface area contributed by atoms with Crippen LogP contribution in [0, 0.1) is 34.8 Å². The Labute approximate surface area is 161 Å². The van der Waals surface area contributed by atoms with E-state index in [1.165, 1.54) is 0 Å². The van der Waals surface area contributed by atoms with Crippen molar-refractivity contribution >= 4 is 16.1 Å². The molecule has 130 valence electrons. The molecule has 0 spiro atoms. The minimum atomic E-state index is -1.41. The van der Waals surface area contributed by atoms with Crippen LogP contribution < -0.4 is 0 Å². The van der Waals surface area contributed by atoms with E-state index in [-0.39, 0.29) is 0 Å². The van der Waals surface area contributed by atoms with Crippen LogP contribution in [-0.2, 0) is 0 Å². The van der Waals surface area contributed by atoms with Crippen molar-refractivity contribution in [2.75, 3.05) is 0 Å². The Kier molecular flexibility index (Phi) is 6.34. The van der Waals surface area contributed by atoms with E-state index in [2.05, 4.69) is 74.1 Å². The van der Waals surface area contributed by atoms with Crippen molar-refractivity contribution in [2.24, 2.45) is 0 Å². The molecule has 0 aromatic heterocycles. The monoisotopic (exact) mass is 370 g/mol. The lowest BCUT2D eigenvalue weighted by molar-refractivity contribution is 1.56. The zero-order chi connectivity index (χ0) is 19.2. The molecular weight excluding hydrogens is 344 g/mol. The molecule has 0 atom stereocenters. The zero-order valence-corrected chi connectivity index (χ0v) is 18.6. The second kappa shape index (κ2) is 8.29. The van der Waals surface area contributed by atoms with Crippen LogP contribution >= 0.6 is 0 Å². The van der Waals surface area contributed by atoms with Gasteiger partial charge in [0.2, 0.25) is 0 Å². The van der Waals surface area contributed by atoms with Crippen LogP contribution in [0.3, 0.4) is 0 Å². The smallest absolute Gasteiger partial charge is 0.127 e. The summed E-state index contributed by atoms with van der Waals surface area (Å²) >= 11 is 0. The van der Waals surface area contributed by atoms with Gasteiger partial charge in [-0.3, -0.25) is 0 Å². The second-order valence-electron chi connectivity index (χ2n) is 8.34. The topological polar surface area (TPSA) is 0 Å². The highest BCUT2D eigenvalue weighted by Crippen LogP contribution is 2.10. The van der Waals surface area contributed by atoms with Gasteiger partial charge in [-0.2, -0.15) is 0 Å². The van der Waals surface area contributed by atoms with E-state index in [9.17, 15) is 0 Å². The van der Waals surface area contributed by atoms with Crippen molar-refractivity contribution in [3.05, 3.63) is 70.8 Å². The van der Waals surface area contributed by atoms with Gasteiger partial charge in [0.15, 0.2) is 0 Å². The second-order valence-corrected chi connectivity index (χ2v) is 17.8. The molecule has 2 aromatic rings. The first-order valence-corrected chi connectivity index (χ1v) is 15.9. The number of rotatable bonds is 0. The Bertz CT molecular complexity index is 887. The van der Waals surface area contributed by atoms with Gasteiger partial charge in [0.25, 0.3) is 0 Å². The standard InChI is InChI=1S/C24H26Si2/c1-25(2,3)19-17-23-13-9-7-11-21(23)15-16-22-12-8-10-14-24(22)18-20-26(4,5)6/h7-14H,1-6H3. The predicted molar refractivity (Wildman–Crippen MR) is 119 cm³/mol. The number of hydrogen-bond acceptors (Lipinski definition) is 0. The lowest BCUT2D eigenvalue weighted by atomic mass is 10.1. The van der Waals surface area contributed by atoms with Gasteiger partial charge in [-0.25, -0.2) is 0 Å². The van der Waals surface area contributed by atoms with Crippen molar-refractivity contribution < 1.29 is 0 Å². The molecule has 0 saturated heterocycles. The first kappa shape index (κ1) is 19.9. The highest BCUT2D eigenvalue weighted by molar-refractivity contribution is 6.84. The van der Waals surface area contributed by atoms with Gasteiger partial charge in [-0.1, -0.05) is 87.2 Å². The summed E-state index contributed by atoms with van der Waals surface area (Å²) in [5.41, 5.74) is 10.8. The number of benzene rings is 2. The molecule has 0 aliphatic heterocycles. The molecule has 0 heterocycles. The van der Waals surface area contributed by atoms with E-state index in [0.717, 1.165) is 22.3 Å². The summed E-state index contributed by atoms with van der Waals surface area (Å²) in [5.74, 6) is 13.3. The Morgan fingerprint density at radius 3 is 1.00 bits per heavy atom. The third-order valence-electron chi connectivity index (χ3n) is 3.33. The molecular formula is C24H26Si2. The molecule has 2 aromatic carbocycles. The van der Waals surface area contributed by atoms with Crippen molar-refractivity contribution in [1.29, 1.82) is 0 Å². The summed E-state index contributed by atoms with van der Waals surface area (Å²) in [4.78, 5) is 0. The predicted octanol–water partition coefficient (Wildman–Crippen LogP) is 5.54. The Hall–Kier alpha value is -2.45. The van der Waals surface area contributed by atoms with Gasteiger partial charge in [-0.05, 0) is 24.3 Å². The lowest BCUT2D eigenvalue weighted by Crippen LogP contribution is -2.16. The first-order chi connectivity index (χ1) is 12.1. The fraction of sp³-hybridized carbons (Fsp3) is 0.250. The Balaban J connectivity index is 2.42. The molecule has 0 amide bonds. The van der Waals surface area contributed by atoms with Crippen molar-refractivity contribution in [1.82, 2.24) is 0 Å². The van der Waals surface area contributed by atoms with Gasteiger partial charge in [-0.15, -0.1) is 11.1 Å². The average Bonchev–Trinajstić information content (AvgIpc) is 2.56. The van der Waals surface area contributed by atoms with Gasteiger partial charge in [0.05, 0.1) is 0 Å². The minimum absolute atomic E-state index is 0.978. The van der Waals surface area contributed by atoms with Gasteiger partial charge >= 0.3 is 0 Å². The summed E-state index contributed by atoms with van der Waals surface area (Å²) < 4.78 is 0. The molecule has 0 N–H and O–H groups in total. The van der Waals surface area contributed by atoms with E-state index in [1.54, 1.807) is 0 Å². The fourth-order valence-electron chi connectivity index (χ4n) is 2.05. The van der Waals surface area contributed by atoms with Crippen LogP contribution in [0.4, 0.5) is 0 Å². The molecule has 0 bridgehead atoms. The normalized spacial score (nSPS) is 10.5. The third kappa shape index (κ3) is 6.81. The molecule has 0 nitrogen and oxygen atoms in total. The van der Waals surface area contributed by atoms with Crippen LogP contribution in [0.1, 0.15) is 22.3 Å². The van der Waals surface area contributed by atoms with Crippen molar-refractivity contribution in [3.63, 3.8) is 0 Å². The van der Waals surface area contributed by atoms with Gasteiger partial charge in [0, 0.05) is 22.3 Å². The molecule has 0 fully saturated rings. The fourth-order valence-corrected chi connectivity index (χ4v) is 3.07. The Morgan fingerprint density at radius 1 is 0.462 bits per heavy atom. The molecule has 2 rings (SSSR count). The highest BCUT2D eigenvalue weighted by Gasteiger charge is 2.08. The molecule has 0 unspecified atom stereocenters. The largest absolute Gasteiger partial charge is 0.129 e. The summed E-state index contributed by atoms with van der Waals surface area (Å²) in [7, 11) is -2.82. The molecule has 26 heavy (non-hydrogen) atoms.